The Bertz CT molecular complexity index is 206. The molecule has 1 fully saturated rings. The maximum atomic E-state index is 11.9. The van der Waals surface area contributed by atoms with Crippen LogP contribution in [0.2, 0.25) is 0 Å². The first-order valence-electron chi connectivity index (χ1n) is 7.23. The minimum Gasteiger partial charge on any atom is -0.395 e. The lowest BCUT2D eigenvalue weighted by atomic mass is 10.1. The minimum absolute atomic E-state index is 0.0890. The van der Waals surface area contributed by atoms with E-state index < -0.39 is 0 Å². The zero-order chi connectivity index (χ0) is 12.3. The molecule has 0 aromatic rings. The number of amides is 1. The highest BCUT2D eigenvalue weighted by molar-refractivity contribution is 5.76. The molecule has 1 N–H and O–H groups in total. The number of carbonyl (C=O) groups is 1. The van der Waals surface area contributed by atoms with E-state index in [9.17, 15) is 4.79 Å². The van der Waals surface area contributed by atoms with Gasteiger partial charge in [-0.25, -0.2) is 0 Å². The van der Waals surface area contributed by atoms with Gasteiger partial charge in [-0.15, -0.1) is 0 Å². The first-order valence-corrected chi connectivity index (χ1v) is 7.23. The molecule has 0 aromatic carbocycles. The van der Waals surface area contributed by atoms with Gasteiger partial charge < -0.3 is 10.0 Å². The maximum absolute atomic E-state index is 11.9. The molecule has 1 rings (SSSR count). The fraction of sp³-hybridized carbons (Fsp3) is 0.929. The third kappa shape index (κ3) is 6.67. The minimum atomic E-state index is 0.0890. The monoisotopic (exact) mass is 241 g/mol. The Hall–Kier alpha value is -0.570. The van der Waals surface area contributed by atoms with Gasteiger partial charge in [-0.2, -0.15) is 0 Å². The summed E-state index contributed by atoms with van der Waals surface area (Å²) in [5.41, 5.74) is 0. The Morgan fingerprint density at radius 2 is 1.41 bits per heavy atom. The average molecular weight is 241 g/mol. The van der Waals surface area contributed by atoms with Crippen LogP contribution in [0.1, 0.15) is 64.2 Å². The van der Waals surface area contributed by atoms with Gasteiger partial charge in [0.1, 0.15) is 0 Å². The molecule has 0 saturated carbocycles. The van der Waals surface area contributed by atoms with Crippen LogP contribution in [0.4, 0.5) is 0 Å². The van der Waals surface area contributed by atoms with Crippen molar-refractivity contribution in [1.82, 2.24) is 4.90 Å². The zero-order valence-electron chi connectivity index (χ0n) is 11.0. The quantitative estimate of drug-likeness (QED) is 0.807. The van der Waals surface area contributed by atoms with Crippen molar-refractivity contribution in [1.29, 1.82) is 0 Å². The van der Waals surface area contributed by atoms with Gasteiger partial charge in [-0.3, -0.25) is 4.79 Å². The molecule has 1 saturated heterocycles. The number of aliphatic hydroxyl groups is 1. The van der Waals surface area contributed by atoms with Gasteiger partial charge in [0.2, 0.25) is 5.91 Å². The standard InChI is InChI=1S/C14H27NO2/c16-13-12-15-11-9-7-5-3-1-2-4-6-8-10-14(15)17/h16H,1-13H2. The van der Waals surface area contributed by atoms with E-state index >= 15 is 0 Å². The fourth-order valence-electron chi connectivity index (χ4n) is 2.46. The van der Waals surface area contributed by atoms with E-state index in [2.05, 4.69) is 0 Å². The molecular weight excluding hydrogens is 214 g/mol. The van der Waals surface area contributed by atoms with Crippen LogP contribution in [-0.2, 0) is 4.79 Å². The summed E-state index contributed by atoms with van der Waals surface area (Å²) in [7, 11) is 0. The lowest BCUT2D eigenvalue weighted by Crippen LogP contribution is -2.34. The normalized spacial score (nSPS) is 21.5. The molecule has 1 heterocycles. The predicted molar refractivity (Wildman–Crippen MR) is 69.8 cm³/mol. The Balaban J connectivity index is 2.37. The summed E-state index contributed by atoms with van der Waals surface area (Å²) in [6.07, 6.45) is 11.8. The van der Waals surface area contributed by atoms with Crippen molar-refractivity contribution in [3.8, 4) is 0 Å². The second-order valence-electron chi connectivity index (χ2n) is 5.04. The molecule has 3 nitrogen and oxygen atoms in total. The lowest BCUT2D eigenvalue weighted by molar-refractivity contribution is -0.131. The van der Waals surface area contributed by atoms with Crippen molar-refractivity contribution < 1.29 is 9.90 Å². The Kier molecular flexibility index (Phi) is 8.06. The van der Waals surface area contributed by atoms with Crippen molar-refractivity contribution >= 4 is 5.91 Å². The Labute approximate surface area is 105 Å². The summed E-state index contributed by atoms with van der Waals surface area (Å²) >= 11 is 0. The molecule has 0 spiro atoms. The number of nitrogens with zero attached hydrogens (tertiary/aromatic N) is 1. The summed E-state index contributed by atoms with van der Waals surface area (Å²) in [6, 6.07) is 0. The Morgan fingerprint density at radius 3 is 2.00 bits per heavy atom. The van der Waals surface area contributed by atoms with E-state index in [0.29, 0.717) is 13.0 Å². The van der Waals surface area contributed by atoms with E-state index in [1.807, 2.05) is 4.90 Å². The van der Waals surface area contributed by atoms with Gasteiger partial charge in [0, 0.05) is 19.5 Å². The topological polar surface area (TPSA) is 40.5 Å². The fourth-order valence-corrected chi connectivity index (χ4v) is 2.46. The molecule has 0 unspecified atom stereocenters. The molecule has 1 amide bonds. The van der Waals surface area contributed by atoms with Crippen LogP contribution >= 0.6 is 0 Å². The van der Waals surface area contributed by atoms with Crippen LogP contribution in [0.25, 0.3) is 0 Å². The SMILES string of the molecule is O=C1CCCCCCCCCCCN1CCO. The highest BCUT2D eigenvalue weighted by atomic mass is 16.3. The van der Waals surface area contributed by atoms with E-state index in [1.165, 1.54) is 44.9 Å². The molecule has 17 heavy (non-hydrogen) atoms. The largest absolute Gasteiger partial charge is 0.395 e. The molecule has 1 aliphatic heterocycles. The smallest absolute Gasteiger partial charge is 0.222 e. The van der Waals surface area contributed by atoms with Gasteiger partial charge in [-0.1, -0.05) is 44.9 Å². The van der Waals surface area contributed by atoms with Crippen molar-refractivity contribution in [3.63, 3.8) is 0 Å². The van der Waals surface area contributed by atoms with E-state index in [-0.39, 0.29) is 12.5 Å². The molecule has 0 aromatic heterocycles. The van der Waals surface area contributed by atoms with Crippen LogP contribution in [0, 0.1) is 0 Å². The molecule has 0 radical (unpaired) electrons. The maximum Gasteiger partial charge on any atom is 0.222 e. The van der Waals surface area contributed by atoms with Crippen LogP contribution in [0.5, 0.6) is 0 Å². The molecular formula is C14H27NO2. The number of hydrogen-bond donors (Lipinski definition) is 1. The first-order chi connectivity index (χ1) is 8.34. The average Bonchev–Trinajstić information content (AvgIpc) is 2.35. The molecule has 0 aliphatic carbocycles. The third-order valence-corrected chi connectivity index (χ3v) is 3.54. The molecule has 0 atom stereocenters. The van der Waals surface area contributed by atoms with Crippen LogP contribution in [-0.4, -0.2) is 35.6 Å². The van der Waals surface area contributed by atoms with Crippen molar-refractivity contribution in [2.24, 2.45) is 0 Å². The van der Waals surface area contributed by atoms with Crippen molar-refractivity contribution in [2.45, 2.75) is 64.2 Å². The molecule has 3 heteroatoms. The van der Waals surface area contributed by atoms with Gasteiger partial charge in [0.25, 0.3) is 0 Å². The number of carbonyl (C=O) groups excluding carboxylic acids is 1. The lowest BCUT2D eigenvalue weighted by Gasteiger charge is -2.21. The number of β-amino-alcohol motifs (C(OH)–C–C–N with tert-alkyl or cyclic N) is 1. The van der Waals surface area contributed by atoms with Crippen molar-refractivity contribution in [3.05, 3.63) is 0 Å². The van der Waals surface area contributed by atoms with Crippen LogP contribution in [0.3, 0.4) is 0 Å². The van der Waals surface area contributed by atoms with E-state index in [0.717, 1.165) is 19.4 Å². The summed E-state index contributed by atoms with van der Waals surface area (Å²) < 4.78 is 0. The number of aliphatic hydroxyl groups excluding tert-OH is 1. The van der Waals surface area contributed by atoms with Crippen molar-refractivity contribution in [2.75, 3.05) is 19.7 Å². The second-order valence-corrected chi connectivity index (χ2v) is 5.04. The number of rotatable bonds is 2. The van der Waals surface area contributed by atoms with E-state index in [1.54, 1.807) is 0 Å². The summed E-state index contributed by atoms with van der Waals surface area (Å²) in [4.78, 5) is 13.8. The summed E-state index contributed by atoms with van der Waals surface area (Å²) in [5, 5.41) is 8.98. The molecule has 1 aliphatic rings. The van der Waals surface area contributed by atoms with Gasteiger partial charge in [-0.05, 0) is 12.8 Å². The zero-order valence-corrected chi connectivity index (χ0v) is 11.0. The second kappa shape index (κ2) is 9.46. The summed E-state index contributed by atoms with van der Waals surface area (Å²) in [5.74, 6) is 0.235. The molecule has 100 valence electrons. The number of hydrogen-bond acceptors (Lipinski definition) is 2. The van der Waals surface area contributed by atoms with Crippen LogP contribution < -0.4 is 0 Å². The highest BCUT2D eigenvalue weighted by Crippen LogP contribution is 2.13. The third-order valence-electron chi connectivity index (χ3n) is 3.54. The predicted octanol–water partition coefficient (Wildman–Crippen LogP) is 2.72. The van der Waals surface area contributed by atoms with E-state index in [4.69, 9.17) is 5.11 Å². The van der Waals surface area contributed by atoms with Gasteiger partial charge in [0.15, 0.2) is 0 Å². The Morgan fingerprint density at radius 1 is 0.882 bits per heavy atom. The van der Waals surface area contributed by atoms with Gasteiger partial charge >= 0.3 is 0 Å². The highest BCUT2D eigenvalue weighted by Gasteiger charge is 2.12. The summed E-state index contributed by atoms with van der Waals surface area (Å²) in [6.45, 7) is 1.43. The molecule has 0 bridgehead atoms. The first kappa shape index (κ1) is 14.5. The van der Waals surface area contributed by atoms with Gasteiger partial charge in [0.05, 0.1) is 6.61 Å². The van der Waals surface area contributed by atoms with Crippen LogP contribution in [0.15, 0.2) is 0 Å².